The van der Waals surface area contributed by atoms with Gasteiger partial charge in [0.15, 0.2) is 0 Å². The van der Waals surface area contributed by atoms with E-state index in [1.165, 1.54) is 0 Å². The summed E-state index contributed by atoms with van der Waals surface area (Å²) in [4.78, 5) is 30.1. The highest BCUT2D eigenvalue weighted by molar-refractivity contribution is 6.11. The first kappa shape index (κ1) is 21.6. The van der Waals surface area contributed by atoms with E-state index >= 15 is 0 Å². The van der Waals surface area contributed by atoms with Crippen LogP contribution in [0.15, 0.2) is 78.9 Å². The number of carbonyl (C=O) groups is 2. The molecule has 5 heteroatoms. The van der Waals surface area contributed by atoms with E-state index < -0.39 is 0 Å². The zero-order chi connectivity index (χ0) is 22.5. The first-order chi connectivity index (χ1) is 15.6. The van der Waals surface area contributed by atoms with E-state index in [2.05, 4.69) is 0 Å². The molecule has 0 fully saturated rings. The Morgan fingerprint density at radius 3 is 2.34 bits per heavy atom. The van der Waals surface area contributed by atoms with Crippen molar-refractivity contribution in [1.29, 1.82) is 0 Å². The van der Waals surface area contributed by atoms with Gasteiger partial charge in [-0.25, -0.2) is 0 Å². The molecule has 5 nitrogen and oxygen atoms in total. The van der Waals surface area contributed by atoms with Crippen molar-refractivity contribution >= 4 is 23.2 Å². The third-order valence-electron chi connectivity index (χ3n) is 5.75. The molecule has 0 saturated carbocycles. The molecule has 3 aromatic rings. The van der Waals surface area contributed by atoms with E-state index in [1.807, 2.05) is 92.7 Å². The number of para-hydroxylation sites is 3. The largest absolute Gasteiger partial charge is 0.493 e. The summed E-state index contributed by atoms with van der Waals surface area (Å²) in [5.41, 5.74) is 3.23. The van der Waals surface area contributed by atoms with Crippen LogP contribution in [0, 0.1) is 12.8 Å². The van der Waals surface area contributed by atoms with Crippen molar-refractivity contribution in [3.05, 3.63) is 90.0 Å². The molecule has 0 N–H and O–H groups in total. The maximum absolute atomic E-state index is 13.3. The van der Waals surface area contributed by atoms with Gasteiger partial charge in [-0.2, -0.15) is 0 Å². The van der Waals surface area contributed by atoms with Gasteiger partial charge in [-0.15, -0.1) is 0 Å². The van der Waals surface area contributed by atoms with Gasteiger partial charge in [0.2, 0.25) is 5.91 Å². The van der Waals surface area contributed by atoms with Crippen LogP contribution in [0.25, 0.3) is 0 Å². The van der Waals surface area contributed by atoms with E-state index in [4.69, 9.17) is 4.74 Å². The predicted molar refractivity (Wildman–Crippen MR) is 127 cm³/mol. The van der Waals surface area contributed by atoms with Crippen LogP contribution in [0.5, 0.6) is 5.75 Å². The smallest absolute Gasteiger partial charge is 0.258 e. The van der Waals surface area contributed by atoms with Crippen LogP contribution in [0.1, 0.15) is 29.3 Å². The Morgan fingerprint density at radius 1 is 0.938 bits per heavy atom. The minimum absolute atomic E-state index is 0.0247. The second-order valence-corrected chi connectivity index (χ2v) is 8.13. The zero-order valence-electron chi connectivity index (χ0n) is 18.5. The van der Waals surface area contributed by atoms with Crippen LogP contribution in [0.2, 0.25) is 0 Å². The lowest BCUT2D eigenvalue weighted by atomic mass is 10.1. The van der Waals surface area contributed by atoms with Crippen LogP contribution in [-0.2, 0) is 4.79 Å². The topological polar surface area (TPSA) is 49.9 Å². The van der Waals surface area contributed by atoms with Crippen molar-refractivity contribution in [1.82, 2.24) is 0 Å². The lowest BCUT2D eigenvalue weighted by molar-refractivity contribution is -0.121. The second-order valence-electron chi connectivity index (χ2n) is 8.13. The molecule has 1 aliphatic heterocycles. The van der Waals surface area contributed by atoms with Crippen molar-refractivity contribution in [2.45, 2.75) is 20.3 Å². The molecule has 0 radical (unpaired) electrons. The van der Waals surface area contributed by atoms with Crippen molar-refractivity contribution in [2.24, 2.45) is 5.92 Å². The maximum atomic E-state index is 13.3. The van der Waals surface area contributed by atoms with Crippen LogP contribution in [0.4, 0.5) is 11.4 Å². The summed E-state index contributed by atoms with van der Waals surface area (Å²) < 4.78 is 5.92. The fraction of sp³-hybridized carbons (Fsp3) is 0.259. The van der Waals surface area contributed by atoms with E-state index in [1.54, 1.807) is 9.80 Å². The number of ether oxygens (including phenoxy) is 1. The molecule has 4 rings (SSSR count). The minimum Gasteiger partial charge on any atom is -0.493 e. The van der Waals surface area contributed by atoms with Crippen molar-refractivity contribution in [3.63, 3.8) is 0 Å². The van der Waals surface area contributed by atoms with Crippen molar-refractivity contribution < 1.29 is 14.3 Å². The van der Waals surface area contributed by atoms with Gasteiger partial charge in [0, 0.05) is 18.7 Å². The Labute approximate surface area is 189 Å². The number of hydrogen-bond donors (Lipinski definition) is 0. The fourth-order valence-electron chi connectivity index (χ4n) is 4.04. The number of rotatable bonds is 6. The number of amides is 2. The molecule has 1 atom stereocenters. The van der Waals surface area contributed by atoms with Gasteiger partial charge in [0.1, 0.15) is 5.75 Å². The Balaban J connectivity index is 1.55. The molecule has 1 heterocycles. The van der Waals surface area contributed by atoms with Gasteiger partial charge >= 0.3 is 0 Å². The summed E-state index contributed by atoms with van der Waals surface area (Å²) in [5.74, 6) is 0.481. The number of benzene rings is 3. The molecular weight excluding hydrogens is 400 g/mol. The molecule has 1 aliphatic rings. The zero-order valence-corrected chi connectivity index (χ0v) is 18.5. The first-order valence-electron chi connectivity index (χ1n) is 11.0. The molecular formula is C27H28N2O3. The Kier molecular flexibility index (Phi) is 6.55. The minimum atomic E-state index is -0.313. The van der Waals surface area contributed by atoms with Crippen LogP contribution in [-0.4, -0.2) is 31.5 Å². The first-order valence-corrected chi connectivity index (χ1v) is 11.0. The van der Waals surface area contributed by atoms with Gasteiger partial charge in [-0.1, -0.05) is 55.5 Å². The Morgan fingerprint density at radius 2 is 1.59 bits per heavy atom. The number of nitrogens with zero attached hydrogens (tertiary/aromatic N) is 2. The predicted octanol–water partition coefficient (Wildman–Crippen LogP) is 5.09. The quantitative estimate of drug-likeness (QED) is 0.514. The fourth-order valence-corrected chi connectivity index (χ4v) is 4.04. The number of carbonyl (C=O) groups excluding carboxylic acids is 2. The van der Waals surface area contributed by atoms with Gasteiger partial charge in [-0.05, 0) is 49.2 Å². The number of fused-ring (bicyclic) bond motifs is 1. The summed E-state index contributed by atoms with van der Waals surface area (Å²) in [6.07, 6.45) is 0.688. The van der Waals surface area contributed by atoms with Crippen molar-refractivity contribution in [3.8, 4) is 5.75 Å². The third-order valence-corrected chi connectivity index (χ3v) is 5.75. The molecule has 2 amide bonds. The van der Waals surface area contributed by atoms with Gasteiger partial charge < -0.3 is 14.5 Å². The van der Waals surface area contributed by atoms with E-state index in [9.17, 15) is 9.59 Å². The number of aryl methyl sites for hydroxylation is 1. The normalized spacial score (nSPS) is 15.8. The average molecular weight is 429 g/mol. The van der Waals surface area contributed by atoms with Gasteiger partial charge in [-0.3, -0.25) is 9.59 Å². The second kappa shape index (κ2) is 9.69. The maximum Gasteiger partial charge on any atom is 0.258 e. The monoisotopic (exact) mass is 428 g/mol. The molecule has 0 aliphatic carbocycles. The summed E-state index contributed by atoms with van der Waals surface area (Å²) in [7, 11) is 0. The highest BCUT2D eigenvalue weighted by Gasteiger charge is 2.33. The lowest BCUT2D eigenvalue weighted by Gasteiger charge is -2.25. The molecule has 0 bridgehead atoms. The Bertz CT molecular complexity index is 1100. The molecule has 0 saturated heterocycles. The molecule has 3 aromatic carbocycles. The highest BCUT2D eigenvalue weighted by atomic mass is 16.5. The van der Waals surface area contributed by atoms with E-state index in [0.717, 1.165) is 22.7 Å². The Hall–Kier alpha value is -3.60. The summed E-state index contributed by atoms with van der Waals surface area (Å²) in [6, 6.07) is 24.8. The van der Waals surface area contributed by atoms with Gasteiger partial charge in [0.05, 0.1) is 23.9 Å². The molecule has 32 heavy (non-hydrogen) atoms. The average Bonchev–Trinajstić information content (AvgIpc) is 2.93. The standard InChI is InChI=1S/C27H28N2O3/c1-20-11-6-9-16-25(20)32-18-10-17-28-23-14-7-8-15-24(23)29(19-21(2)26(28)30)27(31)22-12-4-3-5-13-22/h3-9,11-16,21H,10,17-19H2,1-2H3. The van der Waals surface area contributed by atoms with E-state index in [0.29, 0.717) is 31.7 Å². The third kappa shape index (κ3) is 4.52. The van der Waals surface area contributed by atoms with Crippen molar-refractivity contribution in [2.75, 3.05) is 29.5 Å². The van der Waals surface area contributed by atoms with Crippen LogP contribution in [0.3, 0.4) is 0 Å². The van der Waals surface area contributed by atoms with E-state index in [-0.39, 0.29) is 17.7 Å². The molecule has 1 unspecified atom stereocenters. The molecule has 164 valence electrons. The summed E-state index contributed by atoms with van der Waals surface area (Å²) in [6.45, 7) is 5.29. The highest BCUT2D eigenvalue weighted by Crippen LogP contribution is 2.35. The summed E-state index contributed by atoms with van der Waals surface area (Å²) >= 11 is 0. The molecule has 0 aromatic heterocycles. The number of hydrogen-bond acceptors (Lipinski definition) is 3. The van der Waals surface area contributed by atoms with Gasteiger partial charge in [0.25, 0.3) is 5.91 Å². The van der Waals surface area contributed by atoms with Crippen LogP contribution >= 0.6 is 0 Å². The number of anilines is 2. The van der Waals surface area contributed by atoms with Crippen LogP contribution < -0.4 is 14.5 Å². The summed E-state index contributed by atoms with van der Waals surface area (Å²) in [5, 5.41) is 0. The lowest BCUT2D eigenvalue weighted by Crippen LogP contribution is -2.39. The molecule has 0 spiro atoms. The SMILES string of the molecule is Cc1ccccc1OCCCN1C(=O)C(C)CN(C(=O)c2ccccc2)c2ccccc21.